The van der Waals surface area contributed by atoms with Crippen LogP contribution in [0.3, 0.4) is 0 Å². The fourth-order valence-corrected chi connectivity index (χ4v) is 3.11. The van der Waals surface area contributed by atoms with Gasteiger partial charge in [0.1, 0.15) is 0 Å². The molecular formula is C15H29ClN2O3. The second kappa shape index (κ2) is 9.62. The van der Waals surface area contributed by atoms with Gasteiger partial charge in [-0.1, -0.05) is 0 Å². The van der Waals surface area contributed by atoms with E-state index in [9.17, 15) is 4.79 Å². The summed E-state index contributed by atoms with van der Waals surface area (Å²) in [7, 11) is 0. The zero-order valence-electron chi connectivity index (χ0n) is 13.0. The minimum absolute atomic E-state index is 0. The lowest BCUT2D eigenvalue weighted by molar-refractivity contribution is -0.137. The van der Waals surface area contributed by atoms with Crippen LogP contribution in [0.4, 0.5) is 0 Å². The van der Waals surface area contributed by atoms with Gasteiger partial charge in [0.05, 0.1) is 19.1 Å². The first kappa shape index (κ1) is 18.7. The van der Waals surface area contributed by atoms with Crippen molar-refractivity contribution < 1.29 is 14.3 Å². The largest absolute Gasteiger partial charge is 0.381 e. The van der Waals surface area contributed by atoms with Crippen LogP contribution < -0.4 is 5.73 Å². The average Bonchev–Trinajstić information content (AvgIpc) is 2.48. The predicted molar refractivity (Wildman–Crippen MR) is 84.7 cm³/mol. The van der Waals surface area contributed by atoms with Crippen LogP contribution in [-0.2, 0) is 14.3 Å². The van der Waals surface area contributed by atoms with Crippen LogP contribution in [0.5, 0.6) is 0 Å². The van der Waals surface area contributed by atoms with Gasteiger partial charge >= 0.3 is 0 Å². The Kier molecular flexibility index (Phi) is 8.56. The zero-order valence-corrected chi connectivity index (χ0v) is 13.8. The molecule has 2 heterocycles. The molecular weight excluding hydrogens is 292 g/mol. The molecule has 5 nitrogen and oxygen atoms in total. The highest BCUT2D eigenvalue weighted by Gasteiger charge is 2.28. The molecule has 21 heavy (non-hydrogen) atoms. The number of piperidine rings is 1. The van der Waals surface area contributed by atoms with Crippen molar-refractivity contribution in [1.29, 1.82) is 0 Å². The molecule has 0 bridgehead atoms. The number of carbonyl (C=O) groups excluding carboxylic acids is 1. The lowest BCUT2D eigenvalue weighted by atomic mass is 9.96. The Labute approximate surface area is 133 Å². The monoisotopic (exact) mass is 320 g/mol. The van der Waals surface area contributed by atoms with E-state index in [1.165, 1.54) is 6.42 Å². The maximum absolute atomic E-state index is 12.3. The van der Waals surface area contributed by atoms with Crippen molar-refractivity contribution >= 4 is 18.3 Å². The highest BCUT2D eigenvalue weighted by atomic mass is 35.5. The summed E-state index contributed by atoms with van der Waals surface area (Å²) >= 11 is 0. The standard InChI is InChI=1S/C15H28N2O3.ClH/c1-12(16)14-4-2-3-8-17(14)15(18)7-11-20-13-5-9-19-10-6-13;/h12-14H,2-11,16H2,1H3;1H. The molecule has 1 amide bonds. The lowest BCUT2D eigenvalue weighted by Crippen LogP contribution is -2.51. The molecule has 6 heteroatoms. The summed E-state index contributed by atoms with van der Waals surface area (Å²) in [6.45, 7) is 4.91. The maximum Gasteiger partial charge on any atom is 0.225 e. The van der Waals surface area contributed by atoms with E-state index >= 15 is 0 Å². The molecule has 0 spiro atoms. The summed E-state index contributed by atoms with van der Waals surface area (Å²) in [6, 6.07) is 0.259. The molecule has 2 saturated heterocycles. The van der Waals surface area contributed by atoms with E-state index in [1.54, 1.807) is 0 Å². The lowest BCUT2D eigenvalue weighted by Gasteiger charge is -2.38. The second-order valence-electron chi connectivity index (χ2n) is 5.94. The summed E-state index contributed by atoms with van der Waals surface area (Å²) in [6.07, 6.45) is 5.93. The number of likely N-dealkylation sites (tertiary alicyclic amines) is 1. The Bertz CT molecular complexity index is 309. The highest BCUT2D eigenvalue weighted by Crippen LogP contribution is 2.20. The molecule has 2 aliphatic rings. The van der Waals surface area contributed by atoms with E-state index < -0.39 is 0 Å². The molecule has 0 aromatic rings. The molecule has 124 valence electrons. The van der Waals surface area contributed by atoms with E-state index in [-0.39, 0.29) is 36.5 Å². The van der Waals surface area contributed by atoms with E-state index in [0.29, 0.717) is 13.0 Å². The molecule has 2 N–H and O–H groups in total. The van der Waals surface area contributed by atoms with Crippen LogP contribution in [0, 0.1) is 0 Å². The first-order valence-corrected chi connectivity index (χ1v) is 7.93. The number of ether oxygens (including phenoxy) is 2. The van der Waals surface area contributed by atoms with Crippen LogP contribution in [0.2, 0.25) is 0 Å². The molecule has 2 unspecified atom stereocenters. The fraction of sp³-hybridized carbons (Fsp3) is 0.933. The second-order valence-corrected chi connectivity index (χ2v) is 5.94. The molecule has 2 atom stereocenters. The number of nitrogens with two attached hydrogens (primary N) is 1. The third kappa shape index (κ3) is 5.74. The van der Waals surface area contributed by atoms with Gasteiger partial charge in [0.15, 0.2) is 0 Å². The number of amides is 1. The van der Waals surface area contributed by atoms with E-state index in [2.05, 4.69) is 0 Å². The smallest absolute Gasteiger partial charge is 0.225 e. The highest BCUT2D eigenvalue weighted by molar-refractivity contribution is 5.85. The van der Waals surface area contributed by atoms with Gasteiger partial charge in [-0.05, 0) is 39.0 Å². The number of carbonyl (C=O) groups is 1. The Morgan fingerprint density at radius 3 is 2.71 bits per heavy atom. The van der Waals surface area contributed by atoms with Crippen molar-refractivity contribution in [2.45, 2.75) is 63.6 Å². The first-order valence-electron chi connectivity index (χ1n) is 7.93. The minimum atomic E-state index is 0. The first-order chi connectivity index (χ1) is 9.68. The van der Waals surface area contributed by atoms with E-state index in [1.807, 2.05) is 11.8 Å². The molecule has 0 saturated carbocycles. The Morgan fingerprint density at radius 1 is 1.33 bits per heavy atom. The van der Waals surface area contributed by atoms with Crippen LogP contribution in [0.1, 0.15) is 45.4 Å². The molecule has 0 aliphatic carbocycles. The van der Waals surface area contributed by atoms with Crippen molar-refractivity contribution in [1.82, 2.24) is 4.90 Å². The maximum atomic E-state index is 12.3. The number of halogens is 1. The molecule has 0 aromatic carbocycles. The molecule has 0 radical (unpaired) electrons. The SMILES string of the molecule is CC(N)C1CCCCN1C(=O)CCOC1CCOCC1.Cl. The van der Waals surface area contributed by atoms with Gasteiger partial charge in [-0.3, -0.25) is 4.79 Å². The topological polar surface area (TPSA) is 64.8 Å². The van der Waals surface area contributed by atoms with Gasteiger partial charge in [-0.2, -0.15) is 0 Å². The Hall–Kier alpha value is -0.360. The van der Waals surface area contributed by atoms with Crippen molar-refractivity contribution in [2.75, 3.05) is 26.4 Å². The number of rotatable bonds is 5. The Balaban J connectivity index is 0.00000220. The quantitative estimate of drug-likeness (QED) is 0.837. The third-order valence-corrected chi connectivity index (χ3v) is 4.31. The van der Waals surface area contributed by atoms with Crippen LogP contribution in [0.25, 0.3) is 0 Å². The summed E-state index contributed by atoms with van der Waals surface area (Å²) in [5.74, 6) is 0.194. The van der Waals surface area contributed by atoms with Crippen molar-refractivity contribution in [3.8, 4) is 0 Å². The number of hydrogen-bond donors (Lipinski definition) is 1. The minimum Gasteiger partial charge on any atom is -0.381 e. The van der Waals surface area contributed by atoms with Gasteiger partial charge in [0.25, 0.3) is 0 Å². The van der Waals surface area contributed by atoms with Crippen LogP contribution in [-0.4, -0.2) is 55.4 Å². The summed E-state index contributed by atoms with van der Waals surface area (Å²) in [5.41, 5.74) is 6.00. The van der Waals surface area contributed by atoms with Gasteiger partial charge in [-0.25, -0.2) is 0 Å². The molecule has 2 rings (SSSR count). The number of nitrogens with zero attached hydrogens (tertiary/aromatic N) is 1. The molecule has 2 aliphatic heterocycles. The van der Waals surface area contributed by atoms with E-state index in [4.69, 9.17) is 15.2 Å². The summed E-state index contributed by atoms with van der Waals surface area (Å²) in [4.78, 5) is 14.3. The summed E-state index contributed by atoms with van der Waals surface area (Å²) < 4.78 is 11.1. The van der Waals surface area contributed by atoms with Crippen molar-refractivity contribution in [3.63, 3.8) is 0 Å². The zero-order chi connectivity index (χ0) is 14.4. The van der Waals surface area contributed by atoms with Crippen LogP contribution >= 0.6 is 12.4 Å². The normalized spacial score (nSPS) is 25.2. The van der Waals surface area contributed by atoms with Crippen molar-refractivity contribution in [2.24, 2.45) is 5.73 Å². The fourth-order valence-electron chi connectivity index (χ4n) is 3.11. The molecule has 2 fully saturated rings. The average molecular weight is 321 g/mol. The van der Waals surface area contributed by atoms with Crippen molar-refractivity contribution in [3.05, 3.63) is 0 Å². The Morgan fingerprint density at radius 2 is 2.05 bits per heavy atom. The van der Waals surface area contributed by atoms with Gasteiger partial charge < -0.3 is 20.1 Å². The molecule has 0 aromatic heterocycles. The van der Waals surface area contributed by atoms with Gasteiger partial charge in [0, 0.05) is 31.8 Å². The predicted octanol–water partition coefficient (Wildman–Crippen LogP) is 1.72. The summed E-state index contributed by atoms with van der Waals surface area (Å²) in [5, 5.41) is 0. The van der Waals surface area contributed by atoms with Crippen LogP contribution in [0.15, 0.2) is 0 Å². The third-order valence-electron chi connectivity index (χ3n) is 4.31. The van der Waals surface area contributed by atoms with Gasteiger partial charge in [0.2, 0.25) is 5.91 Å². The van der Waals surface area contributed by atoms with E-state index in [0.717, 1.165) is 45.4 Å². The van der Waals surface area contributed by atoms with Gasteiger partial charge in [-0.15, -0.1) is 12.4 Å². The number of hydrogen-bond acceptors (Lipinski definition) is 4.